The Morgan fingerprint density at radius 3 is 2.17 bits per heavy atom. The number of urea groups is 1. The molecule has 4 N–H and O–H groups in total. The summed E-state index contributed by atoms with van der Waals surface area (Å²) in [7, 11) is -3.32. The summed E-state index contributed by atoms with van der Waals surface area (Å²) in [6, 6.07) is 18.9. The molecule has 1 heterocycles. The summed E-state index contributed by atoms with van der Waals surface area (Å²) in [4.78, 5) is 17.1. The number of benzene rings is 3. The zero-order valence-corrected chi connectivity index (χ0v) is 25.5. The number of hydrogen-bond donors (Lipinski definition) is 4. The number of ether oxygens (including phenoxy) is 1. The molecule has 0 aliphatic carbocycles. The summed E-state index contributed by atoms with van der Waals surface area (Å²) in [6.45, 7) is 5.08. The van der Waals surface area contributed by atoms with Gasteiger partial charge in [0.1, 0.15) is 11.5 Å². The summed E-state index contributed by atoms with van der Waals surface area (Å²) in [6.07, 6.45) is 4.53. The number of nitrogens with zero attached hydrogens (tertiary/aromatic N) is 2. The highest BCUT2D eigenvalue weighted by Crippen LogP contribution is 2.30. The molecule has 42 heavy (non-hydrogen) atoms. The Morgan fingerprint density at radius 2 is 1.60 bits per heavy atom. The summed E-state index contributed by atoms with van der Waals surface area (Å²) in [5.74, 6) is 0.836. The number of hydrogen-bond acceptors (Lipinski definition) is 7. The molecule has 0 bridgehead atoms. The highest BCUT2D eigenvalue weighted by molar-refractivity contribution is 7.92. The van der Waals surface area contributed by atoms with Gasteiger partial charge in [0.05, 0.1) is 6.26 Å². The third-order valence-electron chi connectivity index (χ3n) is 6.89. The van der Waals surface area contributed by atoms with Crippen molar-refractivity contribution in [2.24, 2.45) is 0 Å². The molecular weight excluding hydrogens is 580 g/mol. The van der Waals surface area contributed by atoms with E-state index in [4.69, 9.17) is 4.74 Å². The standard InChI is InChI=1S/C30H38N4O6S.ClH/c1-3-4-17-34(25-9-14-28(35)29(36)20-25)30(37)31-23-15-18-33(19-16-23)21-22-5-10-26(11-6-22)40-27-12-7-24(8-13-27)32-41(2,38)39;/h5-14,20,23,32,35-36H,3-4,15-19,21H2,1-2H3,(H,31,37);1H. The number of carbonyl (C=O) groups excluding carboxylic acids is 1. The molecule has 2 amide bonds. The van der Waals surface area contributed by atoms with Crippen molar-refractivity contribution in [2.45, 2.75) is 45.2 Å². The van der Waals surface area contributed by atoms with Crippen molar-refractivity contribution < 1.29 is 28.2 Å². The van der Waals surface area contributed by atoms with Crippen molar-refractivity contribution in [2.75, 3.05) is 35.5 Å². The first-order valence-electron chi connectivity index (χ1n) is 13.8. The van der Waals surface area contributed by atoms with E-state index < -0.39 is 10.0 Å². The Kier molecular flexibility index (Phi) is 11.7. The van der Waals surface area contributed by atoms with Crippen LogP contribution in [-0.4, -0.2) is 61.5 Å². The molecule has 3 aromatic carbocycles. The Bertz CT molecular complexity index is 1410. The smallest absolute Gasteiger partial charge is 0.322 e. The molecule has 0 saturated carbocycles. The van der Waals surface area contributed by atoms with Crippen molar-refractivity contribution in [3.05, 3.63) is 72.3 Å². The lowest BCUT2D eigenvalue weighted by molar-refractivity contribution is 0.188. The average Bonchev–Trinajstić information content (AvgIpc) is 2.93. The first kappa shape index (κ1) is 32.8. The van der Waals surface area contributed by atoms with Gasteiger partial charge in [0.2, 0.25) is 10.0 Å². The van der Waals surface area contributed by atoms with Gasteiger partial charge in [-0.2, -0.15) is 0 Å². The number of carbonyl (C=O) groups is 1. The van der Waals surface area contributed by atoms with Crippen molar-refractivity contribution in [1.82, 2.24) is 10.2 Å². The number of sulfonamides is 1. The minimum atomic E-state index is -3.32. The van der Waals surface area contributed by atoms with Gasteiger partial charge in [-0.05, 0) is 73.4 Å². The fraction of sp³-hybridized carbons (Fsp3) is 0.367. The van der Waals surface area contributed by atoms with Gasteiger partial charge in [-0.1, -0.05) is 25.5 Å². The van der Waals surface area contributed by atoms with Crippen LogP contribution in [0.25, 0.3) is 0 Å². The molecule has 1 aliphatic rings. The van der Waals surface area contributed by atoms with Crippen molar-refractivity contribution >= 4 is 39.8 Å². The van der Waals surface area contributed by atoms with E-state index in [2.05, 4.69) is 21.9 Å². The number of nitrogens with one attached hydrogen (secondary N) is 2. The number of phenols is 2. The predicted molar refractivity (Wildman–Crippen MR) is 168 cm³/mol. The lowest BCUT2D eigenvalue weighted by Gasteiger charge is -2.34. The number of unbranched alkanes of at least 4 members (excludes halogenated alkanes) is 1. The van der Waals surface area contributed by atoms with Crippen molar-refractivity contribution in [1.29, 1.82) is 0 Å². The molecular formula is C30H39ClN4O6S. The lowest BCUT2D eigenvalue weighted by atomic mass is 10.0. The molecule has 4 rings (SSSR count). The second-order valence-electron chi connectivity index (χ2n) is 10.3. The fourth-order valence-electron chi connectivity index (χ4n) is 4.69. The van der Waals surface area contributed by atoms with Crippen LogP contribution in [0.5, 0.6) is 23.0 Å². The summed E-state index contributed by atoms with van der Waals surface area (Å²) in [5, 5.41) is 22.7. The van der Waals surface area contributed by atoms with Crippen molar-refractivity contribution in [3.8, 4) is 23.0 Å². The largest absolute Gasteiger partial charge is 0.504 e. The number of rotatable bonds is 11. The monoisotopic (exact) mass is 618 g/mol. The van der Waals surface area contributed by atoms with Gasteiger partial charge in [-0.3, -0.25) is 14.5 Å². The lowest BCUT2D eigenvalue weighted by Crippen LogP contribution is -2.49. The van der Waals surface area contributed by atoms with E-state index >= 15 is 0 Å². The van der Waals surface area contributed by atoms with E-state index in [0.29, 0.717) is 29.4 Å². The van der Waals surface area contributed by atoms with Crippen LogP contribution in [0.4, 0.5) is 16.2 Å². The Balaban J connectivity index is 0.00000484. The maximum Gasteiger partial charge on any atom is 0.322 e. The molecule has 0 unspecified atom stereocenters. The number of likely N-dealkylation sites (tertiary alicyclic amines) is 1. The third-order valence-corrected chi connectivity index (χ3v) is 7.50. The first-order chi connectivity index (χ1) is 19.6. The Morgan fingerprint density at radius 1 is 0.976 bits per heavy atom. The van der Waals surface area contributed by atoms with Gasteiger partial charge in [0.25, 0.3) is 0 Å². The van der Waals surface area contributed by atoms with Gasteiger partial charge >= 0.3 is 6.03 Å². The number of anilines is 2. The topological polar surface area (TPSA) is 131 Å². The minimum Gasteiger partial charge on any atom is -0.504 e. The average molecular weight is 619 g/mol. The fourth-order valence-corrected chi connectivity index (χ4v) is 5.26. The molecule has 1 aliphatic heterocycles. The van der Waals surface area contributed by atoms with E-state index in [1.54, 1.807) is 35.2 Å². The summed E-state index contributed by atoms with van der Waals surface area (Å²) in [5.41, 5.74) is 2.19. The number of phenolic OH excluding ortho intramolecular Hbond substituents is 2. The maximum absolute atomic E-state index is 13.1. The van der Waals surface area contributed by atoms with Crippen LogP contribution < -0.4 is 19.7 Å². The quantitative estimate of drug-likeness (QED) is 0.204. The zero-order chi connectivity index (χ0) is 29.4. The van der Waals surface area contributed by atoms with Gasteiger partial charge in [-0.15, -0.1) is 12.4 Å². The highest BCUT2D eigenvalue weighted by Gasteiger charge is 2.24. The van der Waals surface area contributed by atoms with E-state index in [-0.39, 0.29) is 36.0 Å². The molecule has 0 aromatic heterocycles. The molecule has 3 aromatic rings. The van der Waals surface area contributed by atoms with Crippen LogP contribution >= 0.6 is 12.4 Å². The number of halogens is 1. The number of amides is 2. The maximum atomic E-state index is 13.1. The molecule has 0 radical (unpaired) electrons. The van der Waals surface area contributed by atoms with Crippen LogP contribution in [0.3, 0.4) is 0 Å². The van der Waals surface area contributed by atoms with Gasteiger partial charge in [0, 0.05) is 49.7 Å². The van der Waals surface area contributed by atoms with E-state index in [9.17, 15) is 23.4 Å². The van der Waals surface area contributed by atoms with Gasteiger partial charge < -0.3 is 20.3 Å². The normalized spacial score (nSPS) is 14.0. The third kappa shape index (κ3) is 9.71. The predicted octanol–water partition coefficient (Wildman–Crippen LogP) is 5.66. The second-order valence-corrected chi connectivity index (χ2v) is 12.1. The Hall–Kier alpha value is -3.67. The molecule has 10 nitrogen and oxygen atoms in total. The van der Waals surface area contributed by atoms with Gasteiger partial charge in [-0.25, -0.2) is 13.2 Å². The molecule has 228 valence electrons. The van der Waals surface area contributed by atoms with Gasteiger partial charge in [0.15, 0.2) is 11.5 Å². The first-order valence-corrected chi connectivity index (χ1v) is 15.7. The number of aromatic hydroxyl groups is 2. The SMILES string of the molecule is CCCCN(C(=O)NC1CCN(Cc2ccc(Oc3ccc(NS(C)(=O)=O)cc3)cc2)CC1)c1ccc(O)c(O)c1.Cl. The van der Waals surface area contributed by atoms with Crippen LogP contribution in [0.15, 0.2) is 66.7 Å². The van der Waals surface area contributed by atoms with Crippen LogP contribution in [0.1, 0.15) is 38.2 Å². The van der Waals surface area contributed by atoms with E-state index in [1.807, 2.05) is 24.3 Å². The molecule has 0 spiro atoms. The van der Waals surface area contributed by atoms with Crippen molar-refractivity contribution in [3.63, 3.8) is 0 Å². The number of piperidine rings is 1. The summed E-state index contributed by atoms with van der Waals surface area (Å²) < 4.78 is 31.0. The van der Waals surface area contributed by atoms with E-state index in [1.165, 1.54) is 12.1 Å². The van der Waals surface area contributed by atoms with Crippen LogP contribution in [0.2, 0.25) is 0 Å². The molecule has 1 saturated heterocycles. The highest BCUT2D eigenvalue weighted by atomic mass is 35.5. The second kappa shape index (κ2) is 15.0. The van der Waals surface area contributed by atoms with Crippen LogP contribution in [0, 0.1) is 0 Å². The molecule has 0 atom stereocenters. The summed E-state index contributed by atoms with van der Waals surface area (Å²) >= 11 is 0. The zero-order valence-electron chi connectivity index (χ0n) is 23.8. The van der Waals surface area contributed by atoms with E-state index in [0.717, 1.165) is 57.1 Å². The minimum absolute atomic E-state index is 0. The van der Waals surface area contributed by atoms with Crippen LogP contribution in [-0.2, 0) is 16.6 Å². The Labute approximate surface area is 253 Å². The molecule has 12 heteroatoms. The molecule has 1 fully saturated rings.